The summed E-state index contributed by atoms with van der Waals surface area (Å²) in [6.45, 7) is 3.85. The zero-order chi connectivity index (χ0) is 13.7. The van der Waals surface area contributed by atoms with E-state index < -0.39 is 0 Å². The van der Waals surface area contributed by atoms with Gasteiger partial charge in [-0.1, -0.05) is 12.1 Å². The van der Waals surface area contributed by atoms with Crippen LogP contribution in [0.15, 0.2) is 24.3 Å². The van der Waals surface area contributed by atoms with Crippen LogP contribution in [0.2, 0.25) is 0 Å². The number of carbonyl (C=O) groups excluding carboxylic acids is 1. The average Bonchev–Trinajstić information content (AvgIpc) is 2.87. The molecule has 0 saturated carbocycles. The number of rotatable bonds is 5. The fraction of sp³-hybridized carbons (Fsp3) is 0.533. The first-order valence-corrected chi connectivity index (χ1v) is 6.89. The van der Waals surface area contributed by atoms with Gasteiger partial charge >= 0.3 is 0 Å². The van der Waals surface area contributed by atoms with Gasteiger partial charge < -0.3 is 15.4 Å². The Morgan fingerprint density at radius 2 is 2.30 bits per heavy atom. The van der Waals surface area contributed by atoms with Crippen molar-refractivity contribution in [2.75, 3.05) is 19.7 Å². The Labute approximate surface area is 126 Å². The summed E-state index contributed by atoms with van der Waals surface area (Å²) in [5.41, 5.74) is 6.83. The molecule has 0 spiro atoms. The fourth-order valence-electron chi connectivity index (χ4n) is 2.51. The van der Waals surface area contributed by atoms with Crippen molar-refractivity contribution in [3.63, 3.8) is 0 Å². The van der Waals surface area contributed by atoms with Gasteiger partial charge in [-0.15, -0.1) is 12.4 Å². The van der Waals surface area contributed by atoms with Crippen LogP contribution in [0.25, 0.3) is 0 Å². The van der Waals surface area contributed by atoms with Gasteiger partial charge in [-0.25, -0.2) is 0 Å². The topological polar surface area (TPSA) is 55.6 Å². The van der Waals surface area contributed by atoms with Crippen LogP contribution in [0.3, 0.4) is 0 Å². The lowest BCUT2D eigenvalue weighted by atomic mass is 10.2. The van der Waals surface area contributed by atoms with E-state index in [4.69, 9.17) is 10.5 Å². The number of carbonyl (C=O) groups is 1. The molecule has 1 aromatic rings. The smallest absolute Gasteiger partial charge is 0.226 e. The molecule has 2 N–H and O–H groups in total. The number of benzene rings is 1. The van der Waals surface area contributed by atoms with Crippen molar-refractivity contribution < 1.29 is 9.53 Å². The first-order valence-electron chi connectivity index (χ1n) is 6.89. The van der Waals surface area contributed by atoms with Crippen molar-refractivity contribution in [1.29, 1.82) is 0 Å². The highest BCUT2D eigenvalue weighted by atomic mass is 35.5. The summed E-state index contributed by atoms with van der Waals surface area (Å²) in [7, 11) is 0. The van der Waals surface area contributed by atoms with Crippen LogP contribution in [0.1, 0.15) is 24.8 Å². The summed E-state index contributed by atoms with van der Waals surface area (Å²) in [6, 6.07) is 8.09. The Kier molecular flexibility index (Phi) is 6.82. The second-order valence-corrected chi connectivity index (χ2v) is 5.03. The van der Waals surface area contributed by atoms with E-state index >= 15 is 0 Å². The molecule has 0 radical (unpaired) electrons. The number of nitrogens with zero attached hydrogens (tertiary/aromatic N) is 1. The highest BCUT2D eigenvalue weighted by Crippen LogP contribution is 2.17. The van der Waals surface area contributed by atoms with Gasteiger partial charge in [-0.3, -0.25) is 4.79 Å². The van der Waals surface area contributed by atoms with Crippen LogP contribution in [0.4, 0.5) is 0 Å². The number of hydrogen-bond donors (Lipinski definition) is 1. The highest BCUT2D eigenvalue weighted by molar-refractivity contribution is 5.85. The van der Waals surface area contributed by atoms with E-state index in [1.54, 1.807) is 0 Å². The van der Waals surface area contributed by atoms with Crippen LogP contribution >= 0.6 is 12.4 Å². The van der Waals surface area contributed by atoms with Gasteiger partial charge in [-0.2, -0.15) is 0 Å². The lowest BCUT2D eigenvalue weighted by Gasteiger charge is -2.23. The maximum atomic E-state index is 12.1. The van der Waals surface area contributed by atoms with E-state index in [9.17, 15) is 4.79 Å². The lowest BCUT2D eigenvalue weighted by molar-refractivity contribution is -0.132. The summed E-state index contributed by atoms with van der Waals surface area (Å²) < 4.78 is 5.61. The van der Waals surface area contributed by atoms with Crippen LogP contribution < -0.4 is 10.5 Å². The number of nitrogens with two attached hydrogens (primary N) is 1. The molecule has 112 valence electrons. The molecular formula is C15H23ClN2O2. The summed E-state index contributed by atoms with van der Waals surface area (Å²) >= 11 is 0. The molecule has 1 aromatic carbocycles. The van der Waals surface area contributed by atoms with E-state index in [1.165, 1.54) is 0 Å². The Bertz CT molecular complexity index is 440. The van der Waals surface area contributed by atoms with Crippen molar-refractivity contribution in [2.45, 2.75) is 32.2 Å². The van der Waals surface area contributed by atoms with Crippen molar-refractivity contribution in [3.8, 4) is 5.75 Å². The normalized spacial score (nSPS) is 17.7. The highest BCUT2D eigenvalue weighted by Gasteiger charge is 2.26. The molecular weight excluding hydrogens is 276 g/mol. The summed E-state index contributed by atoms with van der Waals surface area (Å²) in [5, 5.41) is 0. The van der Waals surface area contributed by atoms with Crippen LogP contribution in [0, 0.1) is 6.92 Å². The molecule has 1 atom stereocenters. The molecule has 1 aliphatic heterocycles. The maximum absolute atomic E-state index is 12.1. The molecule has 1 amide bonds. The Morgan fingerprint density at radius 1 is 1.50 bits per heavy atom. The van der Waals surface area contributed by atoms with Crippen LogP contribution in [-0.4, -0.2) is 36.5 Å². The average molecular weight is 299 g/mol. The second kappa shape index (κ2) is 8.12. The van der Waals surface area contributed by atoms with Gasteiger partial charge in [0.25, 0.3) is 0 Å². The molecule has 0 bridgehead atoms. The Balaban J connectivity index is 0.00000200. The molecule has 2 rings (SSSR count). The number of likely N-dealkylation sites (tertiary alicyclic amines) is 1. The van der Waals surface area contributed by atoms with Gasteiger partial charge in [0.2, 0.25) is 5.91 Å². The van der Waals surface area contributed by atoms with Crippen LogP contribution in [-0.2, 0) is 4.79 Å². The first kappa shape index (κ1) is 16.8. The maximum Gasteiger partial charge on any atom is 0.226 e. The zero-order valence-corrected chi connectivity index (χ0v) is 12.7. The largest absolute Gasteiger partial charge is 0.493 e. The van der Waals surface area contributed by atoms with Crippen molar-refractivity contribution >= 4 is 18.3 Å². The third kappa shape index (κ3) is 4.39. The number of hydrogen-bond acceptors (Lipinski definition) is 3. The predicted molar refractivity (Wildman–Crippen MR) is 82.3 cm³/mol. The van der Waals surface area contributed by atoms with Gasteiger partial charge in [-0.05, 0) is 37.5 Å². The van der Waals surface area contributed by atoms with Gasteiger partial charge in [0.05, 0.1) is 13.0 Å². The van der Waals surface area contributed by atoms with Crippen molar-refractivity contribution in [3.05, 3.63) is 29.8 Å². The van der Waals surface area contributed by atoms with Gasteiger partial charge in [0, 0.05) is 19.1 Å². The predicted octanol–water partition coefficient (Wildman–Crippen LogP) is 2.14. The van der Waals surface area contributed by atoms with E-state index in [1.807, 2.05) is 36.1 Å². The van der Waals surface area contributed by atoms with E-state index in [0.717, 1.165) is 30.7 Å². The van der Waals surface area contributed by atoms with Crippen LogP contribution in [0.5, 0.6) is 5.75 Å². The van der Waals surface area contributed by atoms with Crippen molar-refractivity contribution in [2.24, 2.45) is 5.73 Å². The molecule has 1 heterocycles. The lowest BCUT2D eigenvalue weighted by Crippen LogP contribution is -2.40. The minimum absolute atomic E-state index is 0. The van der Waals surface area contributed by atoms with E-state index in [0.29, 0.717) is 19.6 Å². The molecule has 1 saturated heterocycles. The Hall–Kier alpha value is -1.26. The fourth-order valence-corrected chi connectivity index (χ4v) is 2.51. The summed E-state index contributed by atoms with van der Waals surface area (Å²) in [6.07, 6.45) is 2.51. The molecule has 0 aliphatic carbocycles. The minimum Gasteiger partial charge on any atom is -0.493 e. The van der Waals surface area contributed by atoms with E-state index in [-0.39, 0.29) is 24.4 Å². The number of aryl methyl sites for hydroxylation is 1. The molecule has 5 heteroatoms. The third-order valence-electron chi connectivity index (χ3n) is 3.54. The summed E-state index contributed by atoms with van der Waals surface area (Å²) in [4.78, 5) is 14.0. The molecule has 0 aromatic heterocycles. The second-order valence-electron chi connectivity index (χ2n) is 5.03. The zero-order valence-electron chi connectivity index (χ0n) is 11.9. The number of halogens is 1. The first-order chi connectivity index (χ1) is 9.20. The standard InChI is InChI=1S/C15H22N2O2.ClH/c1-12-4-2-6-14(10-12)19-9-7-15(18)17-8-3-5-13(17)11-16;/h2,4,6,10,13H,3,5,7-9,11,16H2,1H3;1H. The molecule has 1 aliphatic rings. The van der Waals surface area contributed by atoms with E-state index in [2.05, 4.69) is 0 Å². The quantitative estimate of drug-likeness (QED) is 0.906. The number of ether oxygens (including phenoxy) is 1. The van der Waals surface area contributed by atoms with Crippen molar-refractivity contribution in [1.82, 2.24) is 4.90 Å². The Morgan fingerprint density at radius 3 is 3.00 bits per heavy atom. The minimum atomic E-state index is 0. The SMILES string of the molecule is Cc1cccc(OCCC(=O)N2CCCC2CN)c1.Cl. The monoisotopic (exact) mass is 298 g/mol. The molecule has 20 heavy (non-hydrogen) atoms. The molecule has 4 nitrogen and oxygen atoms in total. The van der Waals surface area contributed by atoms with Gasteiger partial charge in [0.1, 0.15) is 5.75 Å². The molecule has 1 fully saturated rings. The number of amides is 1. The summed E-state index contributed by atoms with van der Waals surface area (Å²) in [5.74, 6) is 0.977. The molecule has 1 unspecified atom stereocenters. The third-order valence-corrected chi connectivity index (χ3v) is 3.54. The van der Waals surface area contributed by atoms with Gasteiger partial charge in [0.15, 0.2) is 0 Å².